The Morgan fingerprint density at radius 3 is 2.42 bits per heavy atom. The maximum absolute atomic E-state index is 12.0. The van der Waals surface area contributed by atoms with E-state index in [1.165, 1.54) is 18.0 Å². The summed E-state index contributed by atoms with van der Waals surface area (Å²) < 4.78 is 11.5. The summed E-state index contributed by atoms with van der Waals surface area (Å²) in [5.74, 6) is 1.15. The van der Waals surface area contributed by atoms with Gasteiger partial charge in [0.2, 0.25) is 0 Å². The van der Waals surface area contributed by atoms with E-state index in [4.69, 9.17) is 9.47 Å². The van der Waals surface area contributed by atoms with Crippen LogP contribution in [0, 0.1) is 0 Å². The molecule has 0 amide bonds. The van der Waals surface area contributed by atoms with Gasteiger partial charge in [-0.1, -0.05) is 0 Å². The fourth-order valence-corrected chi connectivity index (χ4v) is 1.61. The van der Waals surface area contributed by atoms with Crippen molar-refractivity contribution in [3.05, 3.63) is 40.8 Å². The van der Waals surface area contributed by atoms with Crippen LogP contribution in [-0.2, 0) is 7.05 Å². The van der Waals surface area contributed by atoms with Gasteiger partial charge >= 0.3 is 0 Å². The lowest BCUT2D eigenvalue weighted by Crippen LogP contribution is -2.22. The number of ether oxygens (including phenoxy) is 2. The van der Waals surface area contributed by atoms with E-state index in [-0.39, 0.29) is 5.56 Å². The van der Waals surface area contributed by atoms with Gasteiger partial charge in [-0.2, -0.15) is 5.10 Å². The van der Waals surface area contributed by atoms with Gasteiger partial charge in [-0.25, -0.2) is 4.68 Å². The number of aryl methyl sites for hydroxylation is 1. The minimum atomic E-state index is -0.254. The number of aromatic nitrogens is 2. The Kier molecular flexibility index (Phi) is 3.70. The van der Waals surface area contributed by atoms with E-state index in [0.717, 1.165) is 11.4 Å². The van der Waals surface area contributed by atoms with Crippen LogP contribution in [0.2, 0.25) is 0 Å². The number of nitrogens with zero attached hydrogens (tertiary/aromatic N) is 2. The lowest BCUT2D eigenvalue weighted by atomic mass is 10.3. The van der Waals surface area contributed by atoms with E-state index in [1.54, 1.807) is 26.3 Å². The monoisotopic (exact) mass is 261 g/mol. The molecule has 0 radical (unpaired) electrons. The summed E-state index contributed by atoms with van der Waals surface area (Å²) >= 11 is 0. The molecule has 0 aliphatic rings. The number of hydrogen-bond acceptors (Lipinski definition) is 5. The highest BCUT2D eigenvalue weighted by molar-refractivity contribution is 5.65. The van der Waals surface area contributed by atoms with Crippen molar-refractivity contribution < 1.29 is 9.47 Å². The molecular formula is C13H15N3O3. The van der Waals surface area contributed by atoms with Crippen molar-refractivity contribution in [2.75, 3.05) is 19.5 Å². The highest BCUT2D eigenvalue weighted by Crippen LogP contribution is 2.23. The molecule has 0 atom stereocenters. The van der Waals surface area contributed by atoms with Crippen molar-refractivity contribution in [1.82, 2.24) is 9.78 Å². The summed E-state index contributed by atoms with van der Waals surface area (Å²) in [4.78, 5) is 12.0. The maximum Gasteiger partial charge on any atom is 0.294 e. The van der Waals surface area contributed by atoms with Crippen molar-refractivity contribution in [3.63, 3.8) is 0 Å². The second kappa shape index (κ2) is 5.43. The molecule has 100 valence electrons. The largest absolute Gasteiger partial charge is 0.497 e. The van der Waals surface area contributed by atoms with E-state index < -0.39 is 0 Å². The molecule has 1 heterocycles. The van der Waals surface area contributed by atoms with Gasteiger partial charge in [-0.15, -0.1) is 0 Å². The molecule has 0 fully saturated rings. The highest BCUT2D eigenvalue weighted by Gasteiger charge is 2.10. The van der Waals surface area contributed by atoms with E-state index in [2.05, 4.69) is 10.4 Å². The van der Waals surface area contributed by atoms with Crippen LogP contribution in [0.25, 0.3) is 0 Å². The quantitative estimate of drug-likeness (QED) is 0.904. The third-order valence-electron chi connectivity index (χ3n) is 2.68. The Morgan fingerprint density at radius 2 is 1.84 bits per heavy atom. The Morgan fingerprint density at radius 1 is 1.16 bits per heavy atom. The molecule has 1 aromatic heterocycles. The predicted octanol–water partition coefficient (Wildman–Crippen LogP) is 1.54. The molecule has 6 heteroatoms. The average Bonchev–Trinajstić information content (AvgIpc) is 2.45. The minimum Gasteiger partial charge on any atom is -0.497 e. The molecule has 2 aromatic rings. The lowest BCUT2D eigenvalue weighted by Gasteiger charge is -2.11. The normalized spacial score (nSPS) is 10.1. The summed E-state index contributed by atoms with van der Waals surface area (Å²) in [6, 6.07) is 7.25. The van der Waals surface area contributed by atoms with Gasteiger partial charge < -0.3 is 14.8 Å². The molecule has 1 aromatic carbocycles. The molecule has 0 aliphatic heterocycles. The Hall–Kier alpha value is -2.50. The maximum atomic E-state index is 12.0. The molecular weight excluding hydrogens is 246 g/mol. The first-order valence-electron chi connectivity index (χ1n) is 5.67. The van der Waals surface area contributed by atoms with E-state index in [1.807, 2.05) is 12.1 Å². The van der Waals surface area contributed by atoms with Gasteiger partial charge in [0, 0.05) is 12.7 Å². The van der Waals surface area contributed by atoms with Crippen LogP contribution in [0.4, 0.5) is 11.4 Å². The summed E-state index contributed by atoms with van der Waals surface area (Å²) in [5, 5.41) is 6.93. The number of hydrogen-bond donors (Lipinski definition) is 1. The number of methoxy groups -OCH3 is 2. The molecule has 0 aliphatic carbocycles. The summed E-state index contributed by atoms with van der Waals surface area (Å²) in [5.41, 5.74) is 0.864. The van der Waals surface area contributed by atoms with E-state index >= 15 is 0 Å². The zero-order chi connectivity index (χ0) is 13.8. The zero-order valence-corrected chi connectivity index (χ0v) is 11.0. The standard InChI is InChI=1S/C13H15N3O3/c1-16-13(17)12(11(19-3)8-14-16)15-9-4-6-10(18-2)7-5-9/h4-8,15H,1-3H3. The molecule has 0 unspecified atom stereocenters. The third-order valence-corrected chi connectivity index (χ3v) is 2.68. The van der Waals surface area contributed by atoms with Crippen LogP contribution in [0.15, 0.2) is 35.3 Å². The average molecular weight is 261 g/mol. The van der Waals surface area contributed by atoms with Crippen LogP contribution < -0.4 is 20.3 Å². The number of anilines is 2. The Balaban J connectivity index is 2.36. The highest BCUT2D eigenvalue weighted by atomic mass is 16.5. The Labute approximate surface area is 110 Å². The molecule has 19 heavy (non-hydrogen) atoms. The molecule has 0 saturated carbocycles. The second-order valence-electron chi connectivity index (χ2n) is 3.87. The molecule has 0 bridgehead atoms. The van der Waals surface area contributed by atoms with Crippen LogP contribution >= 0.6 is 0 Å². The second-order valence-corrected chi connectivity index (χ2v) is 3.87. The molecule has 0 saturated heterocycles. The topological polar surface area (TPSA) is 65.4 Å². The summed E-state index contributed by atoms with van der Waals surface area (Å²) in [7, 11) is 4.68. The molecule has 0 spiro atoms. The van der Waals surface area contributed by atoms with Crippen molar-refractivity contribution in [2.24, 2.45) is 7.05 Å². The fourth-order valence-electron chi connectivity index (χ4n) is 1.61. The first kappa shape index (κ1) is 12.9. The smallest absolute Gasteiger partial charge is 0.294 e. The fraction of sp³-hybridized carbons (Fsp3) is 0.231. The number of rotatable bonds is 4. The number of nitrogens with one attached hydrogen (secondary N) is 1. The van der Waals surface area contributed by atoms with E-state index in [9.17, 15) is 4.79 Å². The van der Waals surface area contributed by atoms with Crippen molar-refractivity contribution in [3.8, 4) is 11.5 Å². The van der Waals surface area contributed by atoms with Crippen molar-refractivity contribution in [1.29, 1.82) is 0 Å². The molecule has 6 nitrogen and oxygen atoms in total. The van der Waals surface area contributed by atoms with Gasteiger partial charge in [-0.05, 0) is 24.3 Å². The van der Waals surface area contributed by atoms with E-state index in [0.29, 0.717) is 11.4 Å². The molecule has 1 N–H and O–H groups in total. The van der Waals surface area contributed by atoms with Crippen LogP contribution in [0.3, 0.4) is 0 Å². The number of benzene rings is 1. The SMILES string of the molecule is COc1ccc(Nc2c(OC)cnn(C)c2=O)cc1. The van der Waals surface area contributed by atoms with Gasteiger partial charge in [0.05, 0.1) is 20.4 Å². The van der Waals surface area contributed by atoms with Crippen LogP contribution in [-0.4, -0.2) is 24.0 Å². The lowest BCUT2D eigenvalue weighted by molar-refractivity contribution is 0.410. The van der Waals surface area contributed by atoms with Gasteiger partial charge in [0.25, 0.3) is 5.56 Å². The zero-order valence-electron chi connectivity index (χ0n) is 11.0. The third kappa shape index (κ3) is 2.67. The predicted molar refractivity (Wildman–Crippen MR) is 72.3 cm³/mol. The van der Waals surface area contributed by atoms with Crippen molar-refractivity contribution >= 4 is 11.4 Å². The first-order chi connectivity index (χ1) is 9.15. The van der Waals surface area contributed by atoms with Crippen molar-refractivity contribution in [2.45, 2.75) is 0 Å². The van der Waals surface area contributed by atoms with Gasteiger partial charge in [-0.3, -0.25) is 4.79 Å². The van der Waals surface area contributed by atoms with Gasteiger partial charge in [0.15, 0.2) is 11.4 Å². The summed E-state index contributed by atoms with van der Waals surface area (Å²) in [6.45, 7) is 0. The van der Waals surface area contributed by atoms with Crippen LogP contribution in [0.1, 0.15) is 0 Å². The van der Waals surface area contributed by atoms with Crippen LogP contribution in [0.5, 0.6) is 11.5 Å². The minimum absolute atomic E-state index is 0.254. The van der Waals surface area contributed by atoms with Gasteiger partial charge in [0.1, 0.15) is 5.75 Å². The Bertz CT molecular complexity index is 620. The summed E-state index contributed by atoms with van der Waals surface area (Å²) in [6.07, 6.45) is 1.49. The first-order valence-corrected chi connectivity index (χ1v) is 5.67. The molecule has 2 rings (SSSR count).